The fourth-order valence-corrected chi connectivity index (χ4v) is 4.25. The first kappa shape index (κ1) is 28.0. The molecule has 0 aliphatic heterocycles. The van der Waals surface area contributed by atoms with Crippen molar-refractivity contribution in [2.45, 2.75) is 43.4 Å². The highest BCUT2D eigenvalue weighted by atomic mass is 32.2. The number of nitrogens with one attached hydrogen (secondary N) is 2. The summed E-state index contributed by atoms with van der Waals surface area (Å²) >= 11 is 1.11. The van der Waals surface area contributed by atoms with Crippen LogP contribution in [0, 0.1) is 5.92 Å². The predicted octanol–water partition coefficient (Wildman–Crippen LogP) is 5.09. The Morgan fingerprint density at radius 2 is 1.73 bits per heavy atom. The Hall–Kier alpha value is -3.54. The Bertz CT molecular complexity index is 1250. The van der Waals surface area contributed by atoms with Crippen LogP contribution in [-0.4, -0.2) is 38.9 Å². The number of amides is 2. The van der Waals surface area contributed by atoms with Crippen LogP contribution in [0.15, 0.2) is 53.7 Å². The van der Waals surface area contributed by atoms with Crippen LogP contribution in [0.2, 0.25) is 0 Å². The Kier molecular flexibility index (Phi) is 8.85. The summed E-state index contributed by atoms with van der Waals surface area (Å²) in [6.45, 7) is 5.49. The summed E-state index contributed by atoms with van der Waals surface area (Å²) in [4.78, 5) is 25.5. The molecule has 37 heavy (non-hydrogen) atoms. The first-order valence-electron chi connectivity index (χ1n) is 11.4. The van der Waals surface area contributed by atoms with Gasteiger partial charge < -0.3 is 19.9 Å². The van der Waals surface area contributed by atoms with E-state index in [0.717, 1.165) is 23.9 Å². The van der Waals surface area contributed by atoms with Crippen LogP contribution in [0.5, 0.6) is 5.75 Å². The van der Waals surface area contributed by atoms with Crippen LogP contribution in [0.1, 0.15) is 48.6 Å². The molecule has 0 fully saturated rings. The topological polar surface area (TPSA) is 98.1 Å². The summed E-state index contributed by atoms with van der Waals surface area (Å²) in [6, 6.07) is 10.7. The van der Waals surface area contributed by atoms with E-state index in [4.69, 9.17) is 4.74 Å². The molecule has 1 heterocycles. The summed E-state index contributed by atoms with van der Waals surface area (Å²) in [5.41, 5.74) is -0.338. The van der Waals surface area contributed by atoms with E-state index >= 15 is 0 Å². The molecule has 0 aliphatic rings. The van der Waals surface area contributed by atoms with E-state index < -0.39 is 28.9 Å². The molecule has 0 unspecified atom stereocenters. The first-order valence-corrected chi connectivity index (χ1v) is 12.3. The largest absolute Gasteiger partial charge is 0.497 e. The van der Waals surface area contributed by atoms with Gasteiger partial charge in [-0.05, 0) is 55.3 Å². The molecule has 198 valence electrons. The van der Waals surface area contributed by atoms with Crippen molar-refractivity contribution in [3.05, 3.63) is 65.5 Å². The number of halogens is 3. The zero-order valence-corrected chi connectivity index (χ0v) is 21.8. The van der Waals surface area contributed by atoms with Gasteiger partial charge in [-0.15, -0.1) is 10.2 Å². The maximum absolute atomic E-state index is 13.0. The van der Waals surface area contributed by atoms with Gasteiger partial charge in [0.05, 0.1) is 24.0 Å². The van der Waals surface area contributed by atoms with Gasteiger partial charge in [0.1, 0.15) is 5.75 Å². The molecule has 0 bridgehead atoms. The summed E-state index contributed by atoms with van der Waals surface area (Å²) < 4.78 is 45.7. The Morgan fingerprint density at radius 1 is 1.05 bits per heavy atom. The van der Waals surface area contributed by atoms with Gasteiger partial charge in [-0.25, -0.2) is 0 Å². The van der Waals surface area contributed by atoms with Gasteiger partial charge in [0.25, 0.3) is 5.91 Å². The third-order valence-electron chi connectivity index (χ3n) is 5.56. The number of benzene rings is 2. The third-order valence-corrected chi connectivity index (χ3v) is 6.70. The fraction of sp³-hybridized carbons (Fsp3) is 0.360. The highest BCUT2D eigenvalue weighted by Gasteiger charge is 2.31. The lowest BCUT2D eigenvalue weighted by molar-refractivity contribution is -0.137. The van der Waals surface area contributed by atoms with Gasteiger partial charge >= 0.3 is 6.18 Å². The van der Waals surface area contributed by atoms with Gasteiger partial charge in [-0.3, -0.25) is 9.59 Å². The number of carbonyl (C=O) groups excluding carboxylic acids is 2. The van der Waals surface area contributed by atoms with Gasteiger partial charge in [-0.1, -0.05) is 31.7 Å². The number of alkyl halides is 3. The minimum atomic E-state index is -4.51. The van der Waals surface area contributed by atoms with Crippen molar-refractivity contribution in [3.8, 4) is 5.75 Å². The van der Waals surface area contributed by atoms with Gasteiger partial charge in [0, 0.05) is 18.3 Å². The molecule has 0 aliphatic carbocycles. The van der Waals surface area contributed by atoms with Gasteiger partial charge in [0.2, 0.25) is 5.91 Å². The smallest absolute Gasteiger partial charge is 0.416 e. The summed E-state index contributed by atoms with van der Waals surface area (Å²) in [5, 5.41) is 13.7. The predicted molar refractivity (Wildman–Crippen MR) is 134 cm³/mol. The molecular formula is C25H28F3N5O3S. The molecule has 0 radical (unpaired) electrons. The van der Waals surface area contributed by atoms with Crippen molar-refractivity contribution in [1.29, 1.82) is 0 Å². The lowest BCUT2D eigenvalue weighted by Gasteiger charge is -2.22. The van der Waals surface area contributed by atoms with Crippen LogP contribution in [0.4, 0.5) is 18.9 Å². The Labute approximate surface area is 217 Å². The second-order valence-corrected chi connectivity index (χ2v) is 9.96. The maximum atomic E-state index is 13.0. The van der Waals surface area contributed by atoms with Crippen molar-refractivity contribution < 1.29 is 27.5 Å². The standard InChI is InChI=1S/C25H28F3N5O3S/c1-14(2)20(30-23(35)16-9-11-19(36-5)12-10-16)21-31-32-24(33(21)4)37-15(3)22(34)29-18-8-6-7-17(13-18)25(26,27)28/h6-15,20H,1-5H3,(H,29,34)(H,30,35)/t15-,20+/m1/s1. The molecule has 8 nitrogen and oxygen atoms in total. The van der Waals surface area contributed by atoms with E-state index in [2.05, 4.69) is 20.8 Å². The average Bonchev–Trinajstić information content (AvgIpc) is 3.21. The van der Waals surface area contributed by atoms with Crippen molar-refractivity contribution in [1.82, 2.24) is 20.1 Å². The highest BCUT2D eigenvalue weighted by molar-refractivity contribution is 8.00. The van der Waals surface area contributed by atoms with E-state index in [0.29, 0.717) is 22.3 Å². The Balaban J connectivity index is 1.70. The van der Waals surface area contributed by atoms with Crippen molar-refractivity contribution >= 4 is 29.3 Å². The van der Waals surface area contributed by atoms with Crippen molar-refractivity contribution in [3.63, 3.8) is 0 Å². The minimum Gasteiger partial charge on any atom is -0.497 e. The molecule has 0 spiro atoms. The molecule has 2 aromatic carbocycles. The molecule has 3 aromatic rings. The molecular weight excluding hydrogens is 507 g/mol. The number of hydrogen-bond acceptors (Lipinski definition) is 6. The average molecular weight is 536 g/mol. The van der Waals surface area contributed by atoms with Gasteiger partial charge in [0.15, 0.2) is 11.0 Å². The number of rotatable bonds is 9. The molecule has 0 saturated carbocycles. The van der Waals surface area contributed by atoms with Crippen molar-refractivity contribution in [2.24, 2.45) is 13.0 Å². The zero-order chi connectivity index (χ0) is 27.3. The second kappa shape index (κ2) is 11.7. The quantitative estimate of drug-likeness (QED) is 0.371. The zero-order valence-electron chi connectivity index (χ0n) is 21.0. The lowest BCUT2D eigenvalue weighted by atomic mass is 10.0. The first-order chi connectivity index (χ1) is 17.4. The lowest BCUT2D eigenvalue weighted by Crippen LogP contribution is -2.33. The Morgan fingerprint density at radius 3 is 2.32 bits per heavy atom. The minimum absolute atomic E-state index is 0.0235. The molecule has 1 aromatic heterocycles. The summed E-state index contributed by atoms with van der Waals surface area (Å²) in [6.07, 6.45) is -4.51. The normalized spacial score (nSPS) is 13.2. The number of nitrogens with zero attached hydrogens (tertiary/aromatic N) is 3. The van der Waals surface area contributed by atoms with Crippen LogP contribution in [0.3, 0.4) is 0 Å². The van der Waals surface area contributed by atoms with E-state index in [9.17, 15) is 22.8 Å². The monoisotopic (exact) mass is 535 g/mol. The summed E-state index contributed by atoms with van der Waals surface area (Å²) in [5.74, 6) is 0.349. The van der Waals surface area contributed by atoms with E-state index in [1.165, 1.54) is 12.1 Å². The number of carbonyl (C=O) groups is 2. The number of anilines is 1. The number of methoxy groups -OCH3 is 1. The van der Waals surface area contributed by atoms with E-state index in [-0.39, 0.29) is 17.5 Å². The molecule has 2 amide bonds. The molecule has 3 rings (SSSR count). The molecule has 2 atom stereocenters. The van der Waals surface area contributed by atoms with E-state index in [1.807, 2.05) is 13.8 Å². The number of hydrogen-bond donors (Lipinski definition) is 2. The maximum Gasteiger partial charge on any atom is 0.416 e. The van der Waals surface area contributed by atoms with Crippen LogP contribution >= 0.6 is 11.8 Å². The number of ether oxygens (including phenoxy) is 1. The third kappa shape index (κ3) is 7.03. The van der Waals surface area contributed by atoms with Crippen molar-refractivity contribution in [2.75, 3.05) is 12.4 Å². The van der Waals surface area contributed by atoms with Crippen LogP contribution < -0.4 is 15.4 Å². The molecule has 0 saturated heterocycles. The second-order valence-electron chi connectivity index (χ2n) is 8.65. The van der Waals surface area contributed by atoms with Crippen LogP contribution in [0.25, 0.3) is 0 Å². The fourth-order valence-electron chi connectivity index (χ4n) is 3.42. The molecule has 2 N–H and O–H groups in total. The van der Waals surface area contributed by atoms with Gasteiger partial charge in [-0.2, -0.15) is 13.2 Å². The number of thioether (sulfide) groups is 1. The van der Waals surface area contributed by atoms with Crippen LogP contribution in [-0.2, 0) is 18.0 Å². The summed E-state index contributed by atoms with van der Waals surface area (Å²) in [7, 11) is 3.27. The highest BCUT2D eigenvalue weighted by Crippen LogP contribution is 2.31. The SMILES string of the molecule is COc1ccc(C(=O)N[C@H](c2nnc(S[C@H](C)C(=O)Nc3cccc(C(F)(F)F)c3)n2C)C(C)C)cc1. The molecule has 12 heteroatoms. The number of aromatic nitrogens is 3. The van der Waals surface area contributed by atoms with E-state index in [1.54, 1.807) is 49.9 Å².